The zero-order valence-electron chi connectivity index (χ0n) is 5.73. The monoisotopic (exact) mass is 138 g/mol. The van der Waals surface area contributed by atoms with Crippen LogP contribution in [0.1, 0.15) is 18.3 Å². The van der Waals surface area contributed by atoms with Gasteiger partial charge in [-0.05, 0) is 11.6 Å². The molecule has 1 saturated heterocycles. The van der Waals surface area contributed by atoms with Crippen molar-refractivity contribution in [2.75, 3.05) is 6.54 Å². The van der Waals surface area contributed by atoms with Crippen LogP contribution in [0, 0.1) is 0 Å². The van der Waals surface area contributed by atoms with E-state index in [4.69, 9.17) is 0 Å². The van der Waals surface area contributed by atoms with Gasteiger partial charge in [-0.2, -0.15) is 4.80 Å². The van der Waals surface area contributed by atoms with Crippen LogP contribution in [0.2, 0.25) is 0 Å². The van der Waals surface area contributed by atoms with Gasteiger partial charge in [0.1, 0.15) is 0 Å². The Morgan fingerprint density at radius 3 is 2.80 bits per heavy atom. The maximum absolute atomic E-state index is 4.17. The number of tetrazole rings is 1. The van der Waals surface area contributed by atoms with E-state index in [0.29, 0.717) is 0 Å². The molecule has 0 N–H and O–H groups in total. The Kier molecular flexibility index (Phi) is 1.17. The largest absolute Gasteiger partial charge is 0.230 e. The van der Waals surface area contributed by atoms with Gasteiger partial charge in [0, 0.05) is 6.54 Å². The molecule has 0 amide bonds. The number of hydrogen-bond donors (Lipinski definition) is 0. The summed E-state index contributed by atoms with van der Waals surface area (Å²) >= 11 is 0. The van der Waals surface area contributed by atoms with Gasteiger partial charge in [0.05, 0.1) is 13.1 Å². The quantitative estimate of drug-likeness (QED) is 0.513. The van der Waals surface area contributed by atoms with E-state index >= 15 is 0 Å². The van der Waals surface area contributed by atoms with Crippen LogP contribution in [0.3, 0.4) is 0 Å². The minimum Gasteiger partial charge on any atom is -0.230 e. The van der Waals surface area contributed by atoms with E-state index in [-0.39, 0.29) is 6.04 Å². The maximum atomic E-state index is 4.17. The summed E-state index contributed by atoms with van der Waals surface area (Å²) in [6, 6.07) is 0.230. The average molecular weight is 138 g/mol. The van der Waals surface area contributed by atoms with Crippen LogP contribution in [0.25, 0.3) is 0 Å². The van der Waals surface area contributed by atoms with Crippen LogP contribution in [-0.4, -0.2) is 26.8 Å². The molecule has 5 nitrogen and oxygen atoms in total. The summed E-state index contributed by atoms with van der Waals surface area (Å²) < 4.78 is 0. The fourth-order valence-electron chi connectivity index (χ4n) is 0.901. The van der Waals surface area contributed by atoms with Gasteiger partial charge < -0.3 is 0 Å². The van der Waals surface area contributed by atoms with Gasteiger partial charge in [-0.1, -0.05) is 0 Å². The lowest BCUT2D eigenvalue weighted by molar-refractivity contribution is 0.354. The highest BCUT2D eigenvalue weighted by Crippen LogP contribution is 2.19. The summed E-state index contributed by atoms with van der Waals surface area (Å²) in [5.74, 6) is 0.758. The van der Waals surface area contributed by atoms with Gasteiger partial charge in [-0.25, -0.2) is 5.32 Å². The Bertz CT molecular complexity index is 226. The topological polar surface area (TPSA) is 57.7 Å². The first-order valence-corrected chi connectivity index (χ1v) is 3.27. The van der Waals surface area contributed by atoms with Gasteiger partial charge in [0.2, 0.25) is 0 Å². The Morgan fingerprint density at radius 2 is 2.40 bits per heavy atom. The standard InChI is InChI=1S/C5H8N5/c1-10-8-5(7-9-10)4-2-3-6-4/h4H,2-3H2,1H3. The second-order valence-electron chi connectivity index (χ2n) is 2.35. The summed E-state index contributed by atoms with van der Waals surface area (Å²) in [6.45, 7) is 0.947. The lowest BCUT2D eigenvalue weighted by Gasteiger charge is -2.21. The van der Waals surface area contributed by atoms with E-state index in [0.717, 1.165) is 18.8 Å². The smallest absolute Gasteiger partial charge is 0.193 e. The Morgan fingerprint density at radius 1 is 1.60 bits per heavy atom. The SMILES string of the molecule is Cn1nnc(C2CC[N]2)n1. The lowest BCUT2D eigenvalue weighted by atomic mass is 10.1. The molecule has 1 aromatic rings. The van der Waals surface area contributed by atoms with Crippen molar-refractivity contribution < 1.29 is 0 Å². The van der Waals surface area contributed by atoms with Crippen molar-refractivity contribution in [3.63, 3.8) is 0 Å². The Labute approximate surface area is 58.4 Å². The predicted molar refractivity (Wildman–Crippen MR) is 33.2 cm³/mol. The minimum absolute atomic E-state index is 0.230. The summed E-state index contributed by atoms with van der Waals surface area (Å²) in [4.78, 5) is 1.46. The molecule has 1 radical (unpaired) electrons. The number of aromatic nitrogens is 4. The van der Waals surface area contributed by atoms with Crippen molar-refractivity contribution in [2.24, 2.45) is 7.05 Å². The van der Waals surface area contributed by atoms with Gasteiger partial charge in [0.15, 0.2) is 5.82 Å². The van der Waals surface area contributed by atoms with E-state index in [1.807, 2.05) is 0 Å². The van der Waals surface area contributed by atoms with Crippen molar-refractivity contribution in [3.8, 4) is 0 Å². The van der Waals surface area contributed by atoms with Crippen molar-refractivity contribution in [1.29, 1.82) is 0 Å². The highest BCUT2D eigenvalue weighted by atomic mass is 15.6. The normalized spacial score (nSPS) is 24.3. The molecule has 1 aliphatic rings. The summed E-state index contributed by atoms with van der Waals surface area (Å²) in [5, 5.41) is 15.8. The van der Waals surface area contributed by atoms with Crippen molar-refractivity contribution in [2.45, 2.75) is 12.5 Å². The molecule has 5 heteroatoms. The van der Waals surface area contributed by atoms with Crippen LogP contribution in [0.4, 0.5) is 0 Å². The van der Waals surface area contributed by atoms with Gasteiger partial charge in [0.25, 0.3) is 0 Å². The molecule has 1 aliphatic heterocycles. The Hall–Kier alpha value is -0.970. The molecule has 0 saturated carbocycles. The van der Waals surface area contributed by atoms with E-state index in [1.165, 1.54) is 4.80 Å². The second-order valence-corrected chi connectivity index (χ2v) is 2.35. The van der Waals surface area contributed by atoms with Crippen LogP contribution in [-0.2, 0) is 7.05 Å². The Balaban J connectivity index is 2.17. The van der Waals surface area contributed by atoms with Gasteiger partial charge >= 0.3 is 0 Å². The van der Waals surface area contributed by atoms with Crippen molar-refractivity contribution >= 4 is 0 Å². The van der Waals surface area contributed by atoms with Crippen molar-refractivity contribution in [3.05, 3.63) is 5.82 Å². The van der Waals surface area contributed by atoms with E-state index in [9.17, 15) is 0 Å². The van der Waals surface area contributed by atoms with Crippen LogP contribution >= 0.6 is 0 Å². The maximum Gasteiger partial charge on any atom is 0.193 e. The minimum atomic E-state index is 0.230. The molecule has 53 valence electrons. The zero-order chi connectivity index (χ0) is 6.97. The molecule has 10 heavy (non-hydrogen) atoms. The molecule has 0 bridgehead atoms. The number of aryl methyl sites for hydroxylation is 1. The highest BCUT2D eigenvalue weighted by Gasteiger charge is 2.24. The summed E-state index contributed by atoms with van der Waals surface area (Å²) in [6.07, 6.45) is 1.08. The predicted octanol–water partition coefficient (Wildman–Crippen LogP) is -0.741. The van der Waals surface area contributed by atoms with E-state index in [2.05, 4.69) is 20.7 Å². The fraction of sp³-hybridized carbons (Fsp3) is 0.800. The molecule has 2 heterocycles. The van der Waals surface area contributed by atoms with E-state index in [1.54, 1.807) is 7.05 Å². The second kappa shape index (κ2) is 2.02. The number of nitrogens with zero attached hydrogens (tertiary/aromatic N) is 5. The summed E-state index contributed by atoms with van der Waals surface area (Å²) in [7, 11) is 1.76. The first-order chi connectivity index (χ1) is 4.86. The number of rotatable bonds is 1. The number of hydrogen-bond acceptors (Lipinski definition) is 3. The highest BCUT2D eigenvalue weighted by molar-refractivity contribution is 4.94. The van der Waals surface area contributed by atoms with Gasteiger partial charge in [-0.3, -0.25) is 0 Å². The molecule has 1 fully saturated rings. The zero-order valence-corrected chi connectivity index (χ0v) is 5.73. The lowest BCUT2D eigenvalue weighted by Crippen LogP contribution is -2.29. The molecule has 1 atom stereocenters. The molecular weight excluding hydrogens is 130 g/mol. The van der Waals surface area contributed by atoms with Crippen LogP contribution < -0.4 is 5.32 Å². The first kappa shape index (κ1) is 5.79. The molecule has 0 aliphatic carbocycles. The molecule has 0 spiro atoms. The first-order valence-electron chi connectivity index (χ1n) is 3.27. The average Bonchev–Trinajstić information content (AvgIpc) is 2.10. The van der Waals surface area contributed by atoms with E-state index < -0.39 is 0 Å². The molecule has 1 unspecified atom stereocenters. The van der Waals surface area contributed by atoms with Crippen molar-refractivity contribution in [1.82, 2.24) is 25.5 Å². The third-order valence-corrected chi connectivity index (χ3v) is 1.57. The summed E-state index contributed by atoms with van der Waals surface area (Å²) in [5.41, 5.74) is 0. The van der Waals surface area contributed by atoms with Gasteiger partial charge in [-0.15, -0.1) is 10.2 Å². The molecule has 2 rings (SSSR count). The third-order valence-electron chi connectivity index (χ3n) is 1.57. The van der Waals surface area contributed by atoms with Crippen LogP contribution in [0.5, 0.6) is 0 Å². The third kappa shape index (κ3) is 0.786. The molecule has 0 aromatic carbocycles. The molecular formula is C5H8N5. The fourth-order valence-corrected chi connectivity index (χ4v) is 0.901. The van der Waals surface area contributed by atoms with Crippen LogP contribution in [0.15, 0.2) is 0 Å². The molecule has 1 aromatic heterocycles.